The van der Waals surface area contributed by atoms with Gasteiger partial charge in [-0.05, 0) is 30.0 Å². The van der Waals surface area contributed by atoms with Crippen LogP contribution >= 0.6 is 11.3 Å². The van der Waals surface area contributed by atoms with E-state index in [4.69, 9.17) is 0 Å². The highest BCUT2D eigenvalue weighted by molar-refractivity contribution is 7.10. The molecule has 1 amide bonds. The second-order valence-electron chi connectivity index (χ2n) is 3.83. The minimum atomic E-state index is -0.417. The van der Waals surface area contributed by atoms with E-state index in [0.717, 1.165) is 4.88 Å². The van der Waals surface area contributed by atoms with E-state index < -0.39 is 5.69 Å². The number of amides is 1. The molecule has 0 saturated heterocycles. The van der Waals surface area contributed by atoms with E-state index in [-0.39, 0.29) is 12.5 Å². The number of rotatable bonds is 4. The molecule has 0 aliphatic carbocycles. The number of nitrogens with one attached hydrogen (secondary N) is 1. The van der Waals surface area contributed by atoms with Crippen molar-refractivity contribution in [2.75, 3.05) is 0 Å². The molecule has 0 spiro atoms. The SMILES string of the molecule is Cc1ccsc1CNC(=O)Cn1cccnc1=O. The van der Waals surface area contributed by atoms with Crippen LogP contribution in [0.5, 0.6) is 0 Å². The van der Waals surface area contributed by atoms with Gasteiger partial charge in [0.05, 0.1) is 6.54 Å². The van der Waals surface area contributed by atoms with E-state index in [1.165, 1.54) is 16.3 Å². The molecule has 1 N–H and O–H groups in total. The fourth-order valence-corrected chi connectivity index (χ4v) is 2.33. The van der Waals surface area contributed by atoms with Crippen LogP contribution in [0, 0.1) is 6.92 Å². The molecule has 5 nitrogen and oxygen atoms in total. The first-order valence-electron chi connectivity index (χ1n) is 5.48. The Morgan fingerprint density at radius 2 is 2.39 bits per heavy atom. The van der Waals surface area contributed by atoms with Gasteiger partial charge in [-0.1, -0.05) is 0 Å². The molecular formula is C12H13N3O2S. The van der Waals surface area contributed by atoms with Crippen molar-refractivity contribution in [3.8, 4) is 0 Å². The van der Waals surface area contributed by atoms with Crippen molar-refractivity contribution in [2.24, 2.45) is 0 Å². The van der Waals surface area contributed by atoms with Crippen molar-refractivity contribution in [1.29, 1.82) is 0 Å². The van der Waals surface area contributed by atoms with Crippen molar-refractivity contribution in [2.45, 2.75) is 20.0 Å². The minimum absolute atomic E-state index is 0.00288. The summed E-state index contributed by atoms with van der Waals surface area (Å²) in [5.41, 5.74) is 0.749. The Morgan fingerprint density at radius 3 is 3.06 bits per heavy atom. The molecule has 0 unspecified atom stereocenters. The summed E-state index contributed by atoms with van der Waals surface area (Å²) >= 11 is 1.61. The van der Waals surface area contributed by atoms with Crippen LogP contribution in [0.3, 0.4) is 0 Å². The summed E-state index contributed by atoms with van der Waals surface area (Å²) in [4.78, 5) is 27.7. The first-order valence-corrected chi connectivity index (χ1v) is 6.36. The highest BCUT2D eigenvalue weighted by Gasteiger charge is 2.05. The average molecular weight is 263 g/mol. The lowest BCUT2D eigenvalue weighted by atomic mass is 10.3. The zero-order valence-electron chi connectivity index (χ0n) is 9.92. The van der Waals surface area contributed by atoms with Crippen LogP contribution in [0.4, 0.5) is 0 Å². The number of thiophene rings is 1. The summed E-state index contributed by atoms with van der Waals surface area (Å²) in [5, 5.41) is 4.77. The molecule has 0 aliphatic rings. The maximum Gasteiger partial charge on any atom is 0.347 e. The monoisotopic (exact) mass is 263 g/mol. The van der Waals surface area contributed by atoms with Crippen molar-refractivity contribution < 1.29 is 4.79 Å². The summed E-state index contributed by atoms with van der Waals surface area (Å²) < 4.78 is 1.27. The van der Waals surface area contributed by atoms with Gasteiger partial charge in [-0.2, -0.15) is 0 Å². The minimum Gasteiger partial charge on any atom is -0.350 e. The van der Waals surface area contributed by atoms with Gasteiger partial charge in [-0.25, -0.2) is 9.78 Å². The zero-order valence-corrected chi connectivity index (χ0v) is 10.7. The Hall–Kier alpha value is -1.95. The highest BCUT2D eigenvalue weighted by atomic mass is 32.1. The summed E-state index contributed by atoms with van der Waals surface area (Å²) in [6.45, 7) is 2.50. The fourth-order valence-electron chi connectivity index (χ4n) is 1.48. The molecule has 2 aromatic rings. The zero-order chi connectivity index (χ0) is 13.0. The number of carbonyl (C=O) groups is 1. The summed E-state index contributed by atoms with van der Waals surface area (Å²) in [6, 6.07) is 3.63. The third-order valence-electron chi connectivity index (χ3n) is 2.51. The van der Waals surface area contributed by atoms with Crippen LogP contribution in [0.25, 0.3) is 0 Å². The van der Waals surface area contributed by atoms with Crippen LogP contribution in [0.15, 0.2) is 34.7 Å². The first kappa shape index (κ1) is 12.5. The standard InChI is InChI=1S/C12H13N3O2S/c1-9-3-6-18-10(9)7-14-11(16)8-15-5-2-4-13-12(15)17/h2-6H,7-8H2,1H3,(H,14,16). The van der Waals surface area contributed by atoms with Crippen LogP contribution in [-0.4, -0.2) is 15.5 Å². The summed E-state index contributed by atoms with van der Waals surface area (Å²) in [6.07, 6.45) is 2.96. The van der Waals surface area contributed by atoms with Gasteiger partial charge in [0.15, 0.2) is 0 Å². The Balaban J connectivity index is 1.92. The normalized spacial score (nSPS) is 10.3. The van der Waals surface area contributed by atoms with Crippen LogP contribution in [0.1, 0.15) is 10.4 Å². The smallest absolute Gasteiger partial charge is 0.347 e. The Kier molecular flexibility index (Phi) is 3.88. The maximum absolute atomic E-state index is 11.7. The van der Waals surface area contributed by atoms with E-state index in [0.29, 0.717) is 6.54 Å². The molecular weight excluding hydrogens is 250 g/mol. The third kappa shape index (κ3) is 3.04. The van der Waals surface area contributed by atoms with Crippen molar-refractivity contribution in [3.05, 3.63) is 50.8 Å². The van der Waals surface area contributed by atoms with E-state index in [9.17, 15) is 9.59 Å². The van der Waals surface area contributed by atoms with Gasteiger partial charge in [0.2, 0.25) is 5.91 Å². The molecule has 2 aromatic heterocycles. The predicted molar refractivity (Wildman–Crippen MR) is 69.4 cm³/mol. The molecule has 0 aliphatic heterocycles. The van der Waals surface area contributed by atoms with E-state index in [1.54, 1.807) is 23.6 Å². The molecule has 0 aromatic carbocycles. The van der Waals surface area contributed by atoms with E-state index in [1.807, 2.05) is 18.4 Å². The Morgan fingerprint density at radius 1 is 1.56 bits per heavy atom. The maximum atomic E-state index is 11.7. The van der Waals surface area contributed by atoms with Crippen LogP contribution in [0.2, 0.25) is 0 Å². The van der Waals surface area contributed by atoms with Gasteiger partial charge in [-0.15, -0.1) is 11.3 Å². The number of aryl methyl sites for hydroxylation is 1. The molecule has 94 valence electrons. The number of hydrogen-bond acceptors (Lipinski definition) is 4. The van der Waals surface area contributed by atoms with Gasteiger partial charge >= 0.3 is 5.69 Å². The number of carbonyl (C=O) groups excluding carboxylic acids is 1. The number of aromatic nitrogens is 2. The van der Waals surface area contributed by atoms with Crippen LogP contribution in [-0.2, 0) is 17.9 Å². The molecule has 2 heterocycles. The number of nitrogens with zero attached hydrogens (tertiary/aromatic N) is 2. The Bertz CT molecular complexity index is 603. The van der Waals surface area contributed by atoms with Crippen molar-refractivity contribution >= 4 is 17.2 Å². The van der Waals surface area contributed by atoms with Crippen molar-refractivity contribution in [1.82, 2.24) is 14.9 Å². The lowest BCUT2D eigenvalue weighted by molar-refractivity contribution is -0.121. The number of hydrogen-bond donors (Lipinski definition) is 1. The lowest BCUT2D eigenvalue weighted by Crippen LogP contribution is -2.32. The van der Waals surface area contributed by atoms with E-state index in [2.05, 4.69) is 10.3 Å². The summed E-state index contributed by atoms with van der Waals surface area (Å²) in [7, 11) is 0. The Labute approximate surface area is 108 Å². The summed E-state index contributed by atoms with van der Waals surface area (Å²) in [5.74, 6) is -0.196. The third-order valence-corrected chi connectivity index (χ3v) is 3.53. The van der Waals surface area contributed by atoms with Gasteiger partial charge < -0.3 is 5.32 Å². The highest BCUT2D eigenvalue weighted by Crippen LogP contribution is 2.14. The molecule has 0 bridgehead atoms. The van der Waals surface area contributed by atoms with Gasteiger partial charge in [-0.3, -0.25) is 9.36 Å². The second kappa shape index (κ2) is 5.59. The topological polar surface area (TPSA) is 64.0 Å². The van der Waals surface area contributed by atoms with Gasteiger partial charge in [0.25, 0.3) is 0 Å². The van der Waals surface area contributed by atoms with E-state index >= 15 is 0 Å². The molecule has 0 fully saturated rings. The molecule has 6 heteroatoms. The predicted octanol–water partition coefficient (Wildman–Crippen LogP) is 0.930. The first-order chi connectivity index (χ1) is 8.66. The average Bonchev–Trinajstić information content (AvgIpc) is 2.75. The molecule has 18 heavy (non-hydrogen) atoms. The fraction of sp³-hybridized carbons (Fsp3) is 0.250. The molecule has 2 rings (SSSR count). The van der Waals surface area contributed by atoms with Crippen molar-refractivity contribution in [3.63, 3.8) is 0 Å². The lowest BCUT2D eigenvalue weighted by Gasteiger charge is -2.06. The van der Waals surface area contributed by atoms with Crippen LogP contribution < -0.4 is 11.0 Å². The largest absolute Gasteiger partial charge is 0.350 e. The van der Waals surface area contributed by atoms with Gasteiger partial charge in [0, 0.05) is 17.3 Å². The second-order valence-corrected chi connectivity index (χ2v) is 4.83. The quantitative estimate of drug-likeness (QED) is 0.892. The molecule has 0 saturated carbocycles. The van der Waals surface area contributed by atoms with Gasteiger partial charge in [0.1, 0.15) is 6.54 Å². The molecule has 0 radical (unpaired) electrons. The molecule has 0 atom stereocenters.